The van der Waals surface area contributed by atoms with Gasteiger partial charge in [0.2, 0.25) is 0 Å². The largest absolute Gasteiger partial charge is 0.479 e. The molecule has 0 aliphatic heterocycles. The maximum absolute atomic E-state index is 13.0. The number of halogens is 2. The molecule has 0 aliphatic carbocycles. The molecule has 2 N–H and O–H groups in total. The average Bonchev–Trinajstić information content (AvgIpc) is 2.43. The van der Waals surface area contributed by atoms with Crippen LogP contribution in [0.5, 0.6) is 0 Å². The van der Waals surface area contributed by atoms with Crippen LogP contribution in [0.2, 0.25) is 0 Å². The highest BCUT2D eigenvalue weighted by atomic mass is 19.3. The average molecular weight is 302 g/mol. The third-order valence-corrected chi connectivity index (χ3v) is 2.90. The zero-order valence-corrected chi connectivity index (χ0v) is 11.4. The first-order valence-corrected chi connectivity index (χ1v) is 6.34. The van der Waals surface area contributed by atoms with Crippen LogP contribution in [0, 0.1) is 0 Å². The van der Waals surface area contributed by atoms with Crippen molar-refractivity contribution in [3.8, 4) is 0 Å². The molecule has 21 heavy (non-hydrogen) atoms. The van der Waals surface area contributed by atoms with E-state index in [9.17, 15) is 23.5 Å². The van der Waals surface area contributed by atoms with Gasteiger partial charge in [-0.15, -0.1) is 0 Å². The second-order valence-electron chi connectivity index (χ2n) is 4.26. The lowest BCUT2D eigenvalue weighted by Crippen LogP contribution is -2.15. The number of carboxylic acid groups (broad SMARTS) is 1. The van der Waals surface area contributed by atoms with Gasteiger partial charge in [-0.3, -0.25) is 4.79 Å². The molecule has 0 aromatic heterocycles. The van der Waals surface area contributed by atoms with Gasteiger partial charge in [0.05, 0.1) is 6.61 Å². The molecular formula is C14H16F2O5. The number of hydrogen-bond donors (Lipinski definition) is 2. The summed E-state index contributed by atoms with van der Waals surface area (Å²) in [6.07, 6.45) is -5.04. The first-order valence-electron chi connectivity index (χ1n) is 6.34. The maximum Gasteiger partial charge on any atom is 0.337 e. The Labute approximate surface area is 120 Å². The molecule has 0 aliphatic rings. The summed E-state index contributed by atoms with van der Waals surface area (Å²) < 4.78 is 30.7. The first kappa shape index (κ1) is 17.0. The highest BCUT2D eigenvalue weighted by Crippen LogP contribution is 2.30. The number of hydrogen-bond acceptors (Lipinski definition) is 4. The Bertz CT molecular complexity index is 516. The predicted molar refractivity (Wildman–Crippen MR) is 68.9 cm³/mol. The van der Waals surface area contributed by atoms with Crippen LogP contribution in [0.1, 0.15) is 42.6 Å². The molecular weight excluding hydrogens is 286 g/mol. The van der Waals surface area contributed by atoms with E-state index in [2.05, 4.69) is 0 Å². The van der Waals surface area contributed by atoms with Crippen molar-refractivity contribution in [1.82, 2.24) is 0 Å². The van der Waals surface area contributed by atoms with Gasteiger partial charge in [0.25, 0.3) is 6.43 Å². The minimum atomic E-state index is -2.83. The van der Waals surface area contributed by atoms with Gasteiger partial charge in [0, 0.05) is 12.0 Å². The quantitative estimate of drug-likeness (QED) is 0.755. The smallest absolute Gasteiger partial charge is 0.337 e. The van der Waals surface area contributed by atoms with Crippen molar-refractivity contribution < 1.29 is 33.3 Å². The summed E-state index contributed by atoms with van der Waals surface area (Å²) in [6.45, 7) is 1.78. The van der Waals surface area contributed by atoms with Crippen LogP contribution >= 0.6 is 0 Å². The maximum atomic E-state index is 13.0. The molecule has 0 amide bonds. The van der Waals surface area contributed by atoms with E-state index in [0.29, 0.717) is 0 Å². The van der Waals surface area contributed by atoms with Crippen molar-refractivity contribution >= 4 is 11.9 Å². The Morgan fingerprint density at radius 2 is 1.90 bits per heavy atom. The zero-order valence-electron chi connectivity index (χ0n) is 11.4. The molecule has 1 aromatic carbocycles. The Balaban J connectivity index is 3.11. The van der Waals surface area contributed by atoms with E-state index in [-0.39, 0.29) is 30.6 Å². The molecule has 5 nitrogen and oxygen atoms in total. The SMILES string of the molecule is CCOC(=O)CCc1c(C(F)F)cccc1C(O)C(=O)O. The highest BCUT2D eigenvalue weighted by molar-refractivity contribution is 5.75. The molecule has 1 rings (SSSR count). The normalized spacial score (nSPS) is 12.2. The van der Waals surface area contributed by atoms with E-state index in [1.165, 1.54) is 12.1 Å². The molecule has 0 fully saturated rings. The fraction of sp³-hybridized carbons (Fsp3) is 0.429. The molecule has 116 valence electrons. The molecule has 0 heterocycles. The second kappa shape index (κ2) is 7.68. The number of rotatable bonds is 7. The lowest BCUT2D eigenvalue weighted by Gasteiger charge is -2.16. The van der Waals surface area contributed by atoms with Gasteiger partial charge < -0.3 is 14.9 Å². The van der Waals surface area contributed by atoms with E-state index < -0.39 is 30.0 Å². The number of carboxylic acids is 1. The standard InChI is InChI=1S/C14H16F2O5/c1-2-21-11(17)7-6-8-9(12(18)14(19)20)4-3-5-10(8)13(15)16/h3-5,12-13,18H,2,6-7H2,1H3,(H,19,20). The topological polar surface area (TPSA) is 83.8 Å². The Morgan fingerprint density at radius 1 is 1.29 bits per heavy atom. The van der Waals surface area contributed by atoms with E-state index in [0.717, 1.165) is 6.07 Å². The van der Waals surface area contributed by atoms with Crippen molar-refractivity contribution in [2.24, 2.45) is 0 Å². The molecule has 0 saturated carbocycles. The lowest BCUT2D eigenvalue weighted by molar-refractivity contribution is -0.147. The number of carbonyl (C=O) groups is 2. The van der Waals surface area contributed by atoms with Gasteiger partial charge in [0.1, 0.15) is 0 Å². The number of carbonyl (C=O) groups excluding carboxylic acids is 1. The second-order valence-corrected chi connectivity index (χ2v) is 4.26. The van der Waals surface area contributed by atoms with Crippen molar-refractivity contribution in [2.45, 2.75) is 32.3 Å². The van der Waals surface area contributed by atoms with Gasteiger partial charge in [-0.2, -0.15) is 0 Å². The monoisotopic (exact) mass is 302 g/mol. The predicted octanol–water partition coefficient (Wildman–Crippen LogP) is 2.24. The Hall–Kier alpha value is -2.02. The summed E-state index contributed by atoms with van der Waals surface area (Å²) in [6, 6.07) is 3.64. The van der Waals surface area contributed by atoms with Crippen molar-refractivity contribution in [2.75, 3.05) is 6.61 Å². The molecule has 0 radical (unpaired) electrons. The van der Waals surface area contributed by atoms with Crippen LogP contribution in [0.4, 0.5) is 8.78 Å². The molecule has 1 unspecified atom stereocenters. The van der Waals surface area contributed by atoms with Gasteiger partial charge in [-0.1, -0.05) is 18.2 Å². The van der Waals surface area contributed by atoms with E-state index >= 15 is 0 Å². The summed E-state index contributed by atoms with van der Waals surface area (Å²) in [5.74, 6) is -2.11. The fourth-order valence-corrected chi connectivity index (χ4v) is 1.97. The molecule has 0 bridgehead atoms. The number of aliphatic hydroxyl groups is 1. The molecule has 1 aromatic rings. The van der Waals surface area contributed by atoms with Gasteiger partial charge in [-0.25, -0.2) is 13.6 Å². The summed E-state index contributed by atoms with van der Waals surface area (Å²) in [4.78, 5) is 22.2. The number of aliphatic hydroxyl groups excluding tert-OH is 1. The van der Waals surface area contributed by atoms with Crippen molar-refractivity contribution in [1.29, 1.82) is 0 Å². The number of ether oxygens (including phenoxy) is 1. The van der Waals surface area contributed by atoms with Crippen LogP contribution in [0.15, 0.2) is 18.2 Å². The summed E-state index contributed by atoms with van der Waals surface area (Å²) in [7, 11) is 0. The minimum Gasteiger partial charge on any atom is -0.479 e. The third kappa shape index (κ3) is 4.49. The summed E-state index contributed by atoms with van der Waals surface area (Å²) in [5.41, 5.74) is -0.558. The number of benzene rings is 1. The highest BCUT2D eigenvalue weighted by Gasteiger charge is 2.24. The van der Waals surface area contributed by atoms with Crippen molar-refractivity contribution in [3.63, 3.8) is 0 Å². The molecule has 0 spiro atoms. The number of esters is 1. The van der Waals surface area contributed by atoms with Crippen LogP contribution in [0.25, 0.3) is 0 Å². The van der Waals surface area contributed by atoms with Gasteiger partial charge in [0.15, 0.2) is 6.10 Å². The third-order valence-electron chi connectivity index (χ3n) is 2.90. The van der Waals surface area contributed by atoms with Crippen LogP contribution in [0.3, 0.4) is 0 Å². The van der Waals surface area contributed by atoms with E-state index in [1.54, 1.807) is 6.92 Å². The Kier molecular flexibility index (Phi) is 6.23. The fourth-order valence-electron chi connectivity index (χ4n) is 1.97. The van der Waals surface area contributed by atoms with Crippen LogP contribution < -0.4 is 0 Å². The molecule has 0 saturated heterocycles. The van der Waals surface area contributed by atoms with E-state index in [4.69, 9.17) is 9.84 Å². The minimum absolute atomic E-state index is 0.0320. The van der Waals surface area contributed by atoms with Gasteiger partial charge >= 0.3 is 11.9 Å². The Morgan fingerprint density at radius 3 is 2.43 bits per heavy atom. The summed E-state index contributed by atoms with van der Waals surface area (Å²) >= 11 is 0. The molecule has 1 atom stereocenters. The first-order chi connectivity index (χ1) is 9.88. The zero-order chi connectivity index (χ0) is 16.0. The number of alkyl halides is 2. The van der Waals surface area contributed by atoms with Crippen molar-refractivity contribution in [3.05, 3.63) is 34.9 Å². The summed E-state index contributed by atoms with van der Waals surface area (Å²) in [5, 5.41) is 18.4. The van der Waals surface area contributed by atoms with E-state index in [1.807, 2.05) is 0 Å². The lowest BCUT2D eigenvalue weighted by atomic mass is 9.93. The molecule has 7 heteroatoms. The van der Waals surface area contributed by atoms with Gasteiger partial charge in [-0.05, 0) is 24.5 Å². The number of aliphatic carboxylic acids is 1. The van der Waals surface area contributed by atoms with Crippen LogP contribution in [-0.2, 0) is 20.7 Å². The van der Waals surface area contributed by atoms with Crippen LogP contribution in [-0.4, -0.2) is 28.8 Å².